The Hall–Kier alpha value is -1.73. The van der Waals surface area contributed by atoms with Crippen LogP contribution >= 0.6 is 0 Å². The van der Waals surface area contributed by atoms with Gasteiger partial charge in [0.15, 0.2) is 5.41 Å². The Labute approximate surface area is 99.6 Å². The number of carbonyl (C=O) groups is 1. The van der Waals surface area contributed by atoms with E-state index >= 15 is 0 Å². The van der Waals surface area contributed by atoms with Crippen molar-refractivity contribution >= 4 is 5.97 Å². The quantitative estimate of drug-likeness (QED) is 0.374. The van der Waals surface area contributed by atoms with E-state index in [1.807, 2.05) is 0 Å². The molecule has 18 heavy (non-hydrogen) atoms. The lowest BCUT2D eigenvalue weighted by Gasteiger charge is -3.03. The maximum Gasteiger partial charge on any atom is 0.320 e. The summed E-state index contributed by atoms with van der Waals surface area (Å²) in [6, 6.07) is 0. The molecule has 0 spiro atoms. The molecule has 94 valence electrons. The van der Waals surface area contributed by atoms with Crippen LogP contribution in [0, 0.1) is 55.2 Å². The number of hydrogen-bond acceptors (Lipinski definition) is 6. The summed E-state index contributed by atoms with van der Waals surface area (Å²) in [4.78, 5) is 33.8. The first-order chi connectivity index (χ1) is 8.47. The van der Waals surface area contributed by atoms with Crippen LogP contribution in [-0.4, -0.2) is 34.0 Å². The molecule has 4 unspecified atom stereocenters. The molecule has 8 heteroatoms. The summed E-state index contributed by atoms with van der Waals surface area (Å²) in [5, 5.41) is 22.5. The molecule has 6 rings (SSSR count). The molecule has 0 aliphatic heterocycles. The van der Waals surface area contributed by atoms with Crippen molar-refractivity contribution in [1.82, 2.24) is 0 Å². The van der Waals surface area contributed by atoms with E-state index in [1.165, 1.54) is 7.11 Å². The molecule has 4 atom stereocenters. The lowest BCUT2D eigenvalue weighted by Crippen LogP contribution is -3.22. The van der Waals surface area contributed by atoms with Crippen LogP contribution in [0.3, 0.4) is 0 Å². The molecule has 0 N–H and O–H groups in total. The second kappa shape index (κ2) is 1.83. The lowest BCUT2D eigenvalue weighted by atomic mass is 8.91. The molecular formula is C10H8N2O6. The first-order valence-corrected chi connectivity index (χ1v) is 5.85. The normalized spacial score (nSPS) is 66.2. The fourth-order valence-electron chi connectivity index (χ4n) is 6.90. The maximum atomic E-state index is 11.9. The van der Waals surface area contributed by atoms with Gasteiger partial charge in [-0.3, -0.25) is 25.0 Å². The molecule has 0 aromatic carbocycles. The van der Waals surface area contributed by atoms with Crippen molar-refractivity contribution in [3.05, 3.63) is 20.2 Å². The molecule has 0 aromatic rings. The molecule has 0 radical (unpaired) electrons. The van der Waals surface area contributed by atoms with E-state index < -0.39 is 34.3 Å². The fourth-order valence-corrected chi connectivity index (χ4v) is 6.90. The third-order valence-corrected chi connectivity index (χ3v) is 6.82. The van der Waals surface area contributed by atoms with Crippen molar-refractivity contribution in [3.8, 4) is 0 Å². The van der Waals surface area contributed by atoms with Gasteiger partial charge in [0, 0.05) is 9.85 Å². The third-order valence-electron chi connectivity index (χ3n) is 6.82. The summed E-state index contributed by atoms with van der Waals surface area (Å²) in [5.74, 6) is -2.17. The van der Waals surface area contributed by atoms with Crippen molar-refractivity contribution in [1.29, 1.82) is 0 Å². The van der Waals surface area contributed by atoms with Crippen LogP contribution in [0.4, 0.5) is 0 Å². The molecule has 0 amide bonds. The van der Waals surface area contributed by atoms with Gasteiger partial charge in [-0.2, -0.15) is 0 Å². The maximum absolute atomic E-state index is 11.9. The Morgan fingerprint density at radius 3 is 2.06 bits per heavy atom. The summed E-state index contributed by atoms with van der Waals surface area (Å²) < 4.78 is 4.69. The predicted molar refractivity (Wildman–Crippen MR) is 51.3 cm³/mol. The Morgan fingerprint density at radius 2 is 1.67 bits per heavy atom. The topological polar surface area (TPSA) is 113 Å². The number of nitro groups is 2. The fraction of sp³-hybridized carbons (Fsp3) is 0.900. The Kier molecular flexibility index (Phi) is 0.936. The summed E-state index contributed by atoms with van der Waals surface area (Å²) in [7, 11) is 1.19. The number of hydrogen-bond donors (Lipinski definition) is 0. The highest BCUT2D eigenvalue weighted by Gasteiger charge is 3.28. The van der Waals surface area contributed by atoms with Gasteiger partial charge < -0.3 is 4.74 Å². The van der Waals surface area contributed by atoms with Gasteiger partial charge in [-0.05, 0) is 0 Å². The minimum Gasteiger partial charge on any atom is -0.468 e. The van der Waals surface area contributed by atoms with E-state index in [0.717, 1.165) is 0 Å². The summed E-state index contributed by atoms with van der Waals surface area (Å²) in [5.41, 5.74) is -3.39. The molecule has 0 saturated heterocycles. The average Bonchev–Trinajstić information content (AvgIpc) is 2.35. The number of carbonyl (C=O) groups excluding carboxylic acids is 1. The number of esters is 1. The van der Waals surface area contributed by atoms with Crippen LogP contribution < -0.4 is 0 Å². The van der Waals surface area contributed by atoms with Gasteiger partial charge >= 0.3 is 5.97 Å². The molecule has 6 saturated carbocycles. The zero-order chi connectivity index (χ0) is 12.8. The first-order valence-electron chi connectivity index (χ1n) is 5.85. The predicted octanol–water partition coefficient (Wildman–Crippen LogP) is -0.674. The molecule has 0 bridgehead atoms. The molecular weight excluding hydrogens is 244 g/mol. The highest BCUT2D eigenvalue weighted by molar-refractivity contribution is 5.92. The smallest absolute Gasteiger partial charge is 0.320 e. The summed E-state index contributed by atoms with van der Waals surface area (Å²) in [6.45, 7) is 0. The van der Waals surface area contributed by atoms with Crippen molar-refractivity contribution in [3.63, 3.8) is 0 Å². The molecule has 6 aliphatic rings. The van der Waals surface area contributed by atoms with E-state index in [2.05, 4.69) is 0 Å². The zero-order valence-corrected chi connectivity index (χ0v) is 9.23. The van der Waals surface area contributed by atoms with Crippen LogP contribution in [0.1, 0.15) is 0 Å². The average molecular weight is 252 g/mol. The van der Waals surface area contributed by atoms with E-state index in [1.54, 1.807) is 0 Å². The first kappa shape index (κ1) is 9.23. The van der Waals surface area contributed by atoms with Gasteiger partial charge in [0.2, 0.25) is 11.1 Å². The van der Waals surface area contributed by atoms with Gasteiger partial charge in [0.25, 0.3) is 0 Å². The SMILES string of the molecule is COC(=O)C12C3C4C5C(C1C53[N+](=O)[O-])C42[N+](=O)[O-]. The standard InChI is InChI=1S/C10H8N2O6/c1-18-7(13)8-5-3-2-4(10(3,8)12(16)17)6(8)9(2,5)11(14)15/h2-6H,1H3. The summed E-state index contributed by atoms with van der Waals surface area (Å²) in [6.07, 6.45) is 0. The number of nitrogens with zero attached hydrogens (tertiary/aromatic N) is 2. The van der Waals surface area contributed by atoms with E-state index in [-0.39, 0.29) is 27.6 Å². The van der Waals surface area contributed by atoms with E-state index in [4.69, 9.17) is 4.74 Å². The largest absolute Gasteiger partial charge is 0.468 e. The molecule has 6 fully saturated rings. The van der Waals surface area contributed by atoms with Gasteiger partial charge in [0.1, 0.15) is 0 Å². The second-order valence-electron chi connectivity index (χ2n) is 6.12. The zero-order valence-electron chi connectivity index (χ0n) is 9.23. The van der Waals surface area contributed by atoms with Crippen molar-refractivity contribution in [2.75, 3.05) is 7.11 Å². The Balaban J connectivity index is 1.69. The van der Waals surface area contributed by atoms with Crippen LogP contribution in [0.5, 0.6) is 0 Å². The third kappa shape index (κ3) is 0.346. The van der Waals surface area contributed by atoms with Crippen LogP contribution in [0.25, 0.3) is 0 Å². The Bertz CT molecular complexity index is 579. The second-order valence-corrected chi connectivity index (χ2v) is 6.12. The number of methoxy groups -OCH3 is 1. The molecule has 0 aromatic heterocycles. The molecule has 8 nitrogen and oxygen atoms in total. The number of rotatable bonds is 3. The highest BCUT2D eigenvalue weighted by atomic mass is 16.6. The van der Waals surface area contributed by atoms with Gasteiger partial charge in [-0.25, -0.2) is 0 Å². The van der Waals surface area contributed by atoms with Crippen LogP contribution in [-0.2, 0) is 9.53 Å². The van der Waals surface area contributed by atoms with Crippen molar-refractivity contribution in [2.24, 2.45) is 35.0 Å². The van der Waals surface area contributed by atoms with Gasteiger partial charge in [-0.1, -0.05) is 0 Å². The number of ether oxygens (including phenoxy) is 1. The lowest BCUT2D eigenvalue weighted by molar-refractivity contribution is -0.881. The highest BCUT2D eigenvalue weighted by Crippen LogP contribution is 3.09. The summed E-state index contributed by atoms with van der Waals surface area (Å²) >= 11 is 0. The van der Waals surface area contributed by atoms with Crippen molar-refractivity contribution < 1.29 is 19.4 Å². The van der Waals surface area contributed by atoms with Gasteiger partial charge in [0.05, 0.1) is 36.7 Å². The van der Waals surface area contributed by atoms with Crippen LogP contribution in [0.2, 0.25) is 0 Å². The minimum atomic E-state index is -1.21. The molecule has 0 heterocycles. The van der Waals surface area contributed by atoms with E-state index in [9.17, 15) is 25.0 Å². The monoisotopic (exact) mass is 252 g/mol. The van der Waals surface area contributed by atoms with Crippen molar-refractivity contribution in [2.45, 2.75) is 11.1 Å². The molecule has 6 aliphatic carbocycles. The van der Waals surface area contributed by atoms with Gasteiger partial charge in [-0.15, -0.1) is 0 Å². The Morgan fingerprint density at radius 1 is 1.11 bits per heavy atom. The minimum absolute atomic E-state index is 0.153. The van der Waals surface area contributed by atoms with E-state index in [0.29, 0.717) is 0 Å². The van der Waals surface area contributed by atoms with Crippen LogP contribution in [0.15, 0.2) is 0 Å².